The fourth-order valence-electron chi connectivity index (χ4n) is 2.64. The molecule has 0 spiro atoms. The number of hydrogen-bond donors (Lipinski definition) is 1. The van der Waals surface area contributed by atoms with Crippen molar-refractivity contribution in [3.63, 3.8) is 0 Å². The van der Waals surface area contributed by atoms with Gasteiger partial charge in [-0.1, -0.05) is 6.07 Å². The standard InChI is InChI=1S/C20H20FN3O3/c1-3-27-19-11-15(5-7-18(19)26-2)20(25)23-12-14-4-6-17(16(21)10-14)24-9-8-22-13-24/h4-11,13H,3,12H2,1-2H3,(H,23,25). The van der Waals surface area contributed by atoms with Crippen molar-refractivity contribution >= 4 is 5.91 Å². The highest BCUT2D eigenvalue weighted by atomic mass is 19.1. The highest BCUT2D eigenvalue weighted by Gasteiger charge is 2.12. The SMILES string of the molecule is CCOc1cc(C(=O)NCc2ccc(-n3ccnc3)c(F)c2)ccc1OC. The Bertz CT molecular complexity index is 926. The second kappa shape index (κ2) is 8.35. The molecular formula is C20H20FN3O3. The molecule has 2 aromatic carbocycles. The molecule has 0 saturated heterocycles. The zero-order chi connectivity index (χ0) is 19.2. The summed E-state index contributed by atoms with van der Waals surface area (Å²) in [5.74, 6) is 0.398. The van der Waals surface area contributed by atoms with Crippen LogP contribution >= 0.6 is 0 Å². The third kappa shape index (κ3) is 4.25. The van der Waals surface area contributed by atoms with Gasteiger partial charge in [-0.3, -0.25) is 4.79 Å². The molecule has 0 radical (unpaired) electrons. The number of halogens is 1. The summed E-state index contributed by atoms with van der Waals surface area (Å²) in [7, 11) is 1.54. The van der Waals surface area contributed by atoms with E-state index in [1.165, 1.54) is 12.4 Å². The van der Waals surface area contributed by atoms with E-state index in [0.717, 1.165) is 0 Å². The first kappa shape index (κ1) is 18.4. The number of carbonyl (C=O) groups is 1. The molecule has 27 heavy (non-hydrogen) atoms. The van der Waals surface area contributed by atoms with E-state index in [-0.39, 0.29) is 18.3 Å². The Balaban J connectivity index is 1.69. The van der Waals surface area contributed by atoms with Crippen molar-refractivity contribution in [3.8, 4) is 17.2 Å². The Hall–Kier alpha value is -3.35. The molecule has 140 valence electrons. The first-order valence-electron chi connectivity index (χ1n) is 8.48. The van der Waals surface area contributed by atoms with Crippen LogP contribution in [-0.2, 0) is 6.54 Å². The van der Waals surface area contributed by atoms with E-state index < -0.39 is 0 Å². The van der Waals surface area contributed by atoms with Gasteiger partial charge in [0.2, 0.25) is 0 Å². The van der Waals surface area contributed by atoms with E-state index in [2.05, 4.69) is 10.3 Å². The van der Waals surface area contributed by atoms with Crippen molar-refractivity contribution in [2.75, 3.05) is 13.7 Å². The Morgan fingerprint density at radius 3 is 2.74 bits per heavy atom. The Morgan fingerprint density at radius 1 is 1.22 bits per heavy atom. The van der Waals surface area contributed by atoms with Gasteiger partial charge >= 0.3 is 0 Å². The first-order valence-corrected chi connectivity index (χ1v) is 8.48. The predicted octanol–water partition coefficient (Wildman–Crippen LogP) is 3.35. The van der Waals surface area contributed by atoms with E-state index in [0.29, 0.717) is 34.9 Å². The number of methoxy groups -OCH3 is 1. The fourth-order valence-corrected chi connectivity index (χ4v) is 2.64. The van der Waals surface area contributed by atoms with Gasteiger partial charge in [-0.2, -0.15) is 0 Å². The lowest BCUT2D eigenvalue weighted by Crippen LogP contribution is -2.23. The van der Waals surface area contributed by atoms with Crippen LogP contribution in [0.4, 0.5) is 4.39 Å². The van der Waals surface area contributed by atoms with Gasteiger partial charge in [0.15, 0.2) is 11.5 Å². The maximum absolute atomic E-state index is 14.3. The van der Waals surface area contributed by atoms with Gasteiger partial charge in [0, 0.05) is 24.5 Å². The summed E-state index contributed by atoms with van der Waals surface area (Å²) >= 11 is 0. The topological polar surface area (TPSA) is 65.4 Å². The molecule has 0 aliphatic carbocycles. The van der Waals surface area contributed by atoms with Crippen molar-refractivity contribution in [2.24, 2.45) is 0 Å². The quantitative estimate of drug-likeness (QED) is 0.694. The number of amides is 1. The summed E-state index contributed by atoms with van der Waals surface area (Å²) in [5.41, 5.74) is 1.50. The average Bonchev–Trinajstić information content (AvgIpc) is 3.21. The van der Waals surface area contributed by atoms with Gasteiger partial charge < -0.3 is 19.4 Å². The number of aromatic nitrogens is 2. The van der Waals surface area contributed by atoms with E-state index in [1.807, 2.05) is 6.92 Å². The molecule has 3 aromatic rings. The summed E-state index contributed by atoms with van der Waals surface area (Å²) in [6.07, 6.45) is 4.78. The van der Waals surface area contributed by atoms with Crippen molar-refractivity contribution in [1.82, 2.24) is 14.9 Å². The van der Waals surface area contributed by atoms with Crippen LogP contribution in [0.5, 0.6) is 11.5 Å². The summed E-state index contributed by atoms with van der Waals surface area (Å²) < 4.78 is 26.6. The molecule has 1 N–H and O–H groups in total. The first-order chi connectivity index (χ1) is 13.1. The van der Waals surface area contributed by atoms with Crippen LogP contribution in [0.3, 0.4) is 0 Å². The van der Waals surface area contributed by atoms with Crippen LogP contribution in [0.2, 0.25) is 0 Å². The molecule has 0 unspecified atom stereocenters. The van der Waals surface area contributed by atoms with Crippen LogP contribution in [0, 0.1) is 5.82 Å². The minimum Gasteiger partial charge on any atom is -0.493 e. The van der Waals surface area contributed by atoms with Crippen molar-refractivity contribution in [3.05, 3.63) is 72.1 Å². The van der Waals surface area contributed by atoms with Crippen LogP contribution in [0.25, 0.3) is 5.69 Å². The van der Waals surface area contributed by atoms with Gasteiger partial charge in [-0.15, -0.1) is 0 Å². The van der Waals surface area contributed by atoms with Crippen molar-refractivity contribution < 1.29 is 18.7 Å². The number of nitrogens with zero attached hydrogens (tertiary/aromatic N) is 2. The van der Waals surface area contributed by atoms with Gasteiger partial charge in [-0.05, 0) is 42.8 Å². The average molecular weight is 369 g/mol. The van der Waals surface area contributed by atoms with Crippen LogP contribution in [-0.4, -0.2) is 29.2 Å². The Labute approximate surface area is 156 Å². The number of benzene rings is 2. The van der Waals surface area contributed by atoms with Crippen LogP contribution in [0.1, 0.15) is 22.8 Å². The predicted molar refractivity (Wildman–Crippen MR) is 98.9 cm³/mol. The van der Waals surface area contributed by atoms with E-state index in [4.69, 9.17) is 9.47 Å². The molecule has 6 nitrogen and oxygen atoms in total. The molecule has 0 aliphatic rings. The largest absolute Gasteiger partial charge is 0.493 e. The van der Waals surface area contributed by atoms with E-state index >= 15 is 0 Å². The second-order valence-corrected chi connectivity index (χ2v) is 5.74. The molecule has 0 bridgehead atoms. The van der Waals surface area contributed by atoms with Crippen LogP contribution in [0.15, 0.2) is 55.1 Å². The van der Waals surface area contributed by atoms with E-state index in [1.54, 1.807) is 54.4 Å². The monoisotopic (exact) mass is 369 g/mol. The highest BCUT2D eigenvalue weighted by Crippen LogP contribution is 2.28. The zero-order valence-electron chi connectivity index (χ0n) is 15.1. The van der Waals surface area contributed by atoms with Crippen LogP contribution < -0.4 is 14.8 Å². The number of rotatable bonds is 7. The number of carbonyl (C=O) groups excluding carboxylic acids is 1. The van der Waals surface area contributed by atoms with Crippen molar-refractivity contribution in [1.29, 1.82) is 0 Å². The molecule has 0 atom stereocenters. The lowest BCUT2D eigenvalue weighted by atomic mass is 10.1. The maximum Gasteiger partial charge on any atom is 0.251 e. The molecule has 1 amide bonds. The van der Waals surface area contributed by atoms with Gasteiger partial charge in [-0.25, -0.2) is 9.37 Å². The minimum absolute atomic E-state index is 0.204. The number of nitrogens with one attached hydrogen (secondary N) is 1. The lowest BCUT2D eigenvalue weighted by Gasteiger charge is -2.12. The fraction of sp³-hybridized carbons (Fsp3) is 0.200. The normalized spacial score (nSPS) is 10.5. The maximum atomic E-state index is 14.3. The number of imidazole rings is 1. The highest BCUT2D eigenvalue weighted by molar-refractivity contribution is 5.94. The van der Waals surface area contributed by atoms with Gasteiger partial charge in [0.1, 0.15) is 5.82 Å². The van der Waals surface area contributed by atoms with Gasteiger partial charge in [0.05, 0.1) is 25.7 Å². The Kier molecular flexibility index (Phi) is 5.71. The summed E-state index contributed by atoms with van der Waals surface area (Å²) in [6.45, 7) is 2.52. The van der Waals surface area contributed by atoms with Crippen molar-refractivity contribution in [2.45, 2.75) is 13.5 Å². The smallest absolute Gasteiger partial charge is 0.251 e. The second-order valence-electron chi connectivity index (χ2n) is 5.74. The lowest BCUT2D eigenvalue weighted by molar-refractivity contribution is 0.0950. The minimum atomic E-state index is -0.386. The molecule has 0 saturated carbocycles. The number of hydrogen-bond acceptors (Lipinski definition) is 4. The molecule has 7 heteroatoms. The molecule has 3 rings (SSSR count). The molecule has 1 aromatic heterocycles. The van der Waals surface area contributed by atoms with Gasteiger partial charge in [0.25, 0.3) is 5.91 Å². The third-order valence-electron chi connectivity index (χ3n) is 3.97. The summed E-state index contributed by atoms with van der Waals surface area (Å²) in [6, 6.07) is 9.77. The van der Waals surface area contributed by atoms with E-state index in [9.17, 15) is 9.18 Å². The number of ether oxygens (including phenoxy) is 2. The zero-order valence-corrected chi connectivity index (χ0v) is 15.1. The molecule has 0 fully saturated rings. The summed E-state index contributed by atoms with van der Waals surface area (Å²) in [5, 5.41) is 2.78. The Morgan fingerprint density at radius 2 is 2.07 bits per heavy atom. The third-order valence-corrected chi connectivity index (χ3v) is 3.97. The molecular weight excluding hydrogens is 349 g/mol. The summed E-state index contributed by atoms with van der Waals surface area (Å²) in [4.78, 5) is 16.3. The molecule has 0 aliphatic heterocycles. The molecule has 1 heterocycles.